The van der Waals surface area contributed by atoms with Crippen LogP contribution >= 0.6 is 0 Å². The van der Waals surface area contributed by atoms with Crippen LogP contribution in [0.1, 0.15) is 59.8 Å². The molecule has 35 heavy (non-hydrogen) atoms. The summed E-state index contributed by atoms with van der Waals surface area (Å²) < 4.78 is 16.3. The molecule has 3 saturated heterocycles. The van der Waals surface area contributed by atoms with E-state index in [2.05, 4.69) is 10.0 Å². The third-order valence-corrected chi connectivity index (χ3v) is 6.82. The number of likely N-dealkylation sites (tertiary alicyclic amines) is 1. The van der Waals surface area contributed by atoms with Gasteiger partial charge in [0.1, 0.15) is 5.60 Å². The fourth-order valence-electron chi connectivity index (χ4n) is 4.90. The van der Waals surface area contributed by atoms with E-state index in [0.717, 1.165) is 51.9 Å². The lowest BCUT2D eigenvalue weighted by Gasteiger charge is -2.45. The average Bonchev–Trinajstić information content (AvgIpc) is 2.83. The highest BCUT2D eigenvalue weighted by Crippen LogP contribution is 2.23. The van der Waals surface area contributed by atoms with Crippen LogP contribution in [0, 0.1) is 5.92 Å². The maximum absolute atomic E-state index is 13.0. The van der Waals surface area contributed by atoms with E-state index < -0.39 is 5.60 Å². The van der Waals surface area contributed by atoms with E-state index in [-0.39, 0.29) is 36.4 Å². The Kier molecular flexibility index (Phi) is 10.2. The predicted octanol–water partition coefficient (Wildman–Crippen LogP) is 2.13. The Morgan fingerprint density at radius 3 is 1.94 bits per heavy atom. The van der Waals surface area contributed by atoms with Crippen LogP contribution in [-0.2, 0) is 23.8 Å². The molecule has 0 radical (unpaired) electrons. The van der Waals surface area contributed by atoms with Gasteiger partial charge in [-0.05, 0) is 53.4 Å². The van der Waals surface area contributed by atoms with E-state index >= 15 is 0 Å². The van der Waals surface area contributed by atoms with Crippen molar-refractivity contribution in [1.82, 2.24) is 19.8 Å². The van der Waals surface area contributed by atoms with Gasteiger partial charge in [-0.15, -0.1) is 0 Å². The first-order valence-corrected chi connectivity index (χ1v) is 13.2. The molecule has 0 saturated carbocycles. The molecule has 0 spiro atoms. The molecule has 0 N–H and O–H groups in total. The Bertz CT molecular complexity index is 703. The molecular weight excluding hydrogens is 452 g/mol. The van der Waals surface area contributed by atoms with Crippen molar-refractivity contribution in [1.29, 1.82) is 0 Å². The highest BCUT2D eigenvalue weighted by Gasteiger charge is 2.34. The van der Waals surface area contributed by atoms with Crippen molar-refractivity contribution in [2.24, 2.45) is 5.92 Å². The van der Waals surface area contributed by atoms with Crippen molar-refractivity contribution in [2.75, 3.05) is 65.6 Å². The van der Waals surface area contributed by atoms with E-state index in [0.29, 0.717) is 39.4 Å². The third kappa shape index (κ3) is 8.61. The predicted molar refractivity (Wildman–Crippen MR) is 130 cm³/mol. The Morgan fingerprint density at radius 1 is 0.800 bits per heavy atom. The molecule has 2 amide bonds. The maximum Gasteiger partial charge on any atom is 0.320 e. The summed E-state index contributed by atoms with van der Waals surface area (Å²) in [7, 11) is 0. The van der Waals surface area contributed by atoms with Gasteiger partial charge in [0, 0.05) is 52.4 Å². The monoisotopic (exact) mass is 496 g/mol. The van der Waals surface area contributed by atoms with Crippen molar-refractivity contribution in [2.45, 2.75) is 71.5 Å². The van der Waals surface area contributed by atoms with E-state index in [1.165, 1.54) is 0 Å². The number of piperidine rings is 2. The molecule has 10 heteroatoms. The number of hydrogen-bond acceptors (Lipinski definition) is 8. The lowest BCUT2D eigenvalue weighted by Crippen LogP contribution is -2.59. The summed E-state index contributed by atoms with van der Waals surface area (Å²) in [6.07, 6.45) is 3.57. The van der Waals surface area contributed by atoms with Crippen LogP contribution in [-0.4, -0.2) is 115 Å². The summed E-state index contributed by atoms with van der Waals surface area (Å²) >= 11 is 0. The van der Waals surface area contributed by atoms with Crippen LogP contribution in [0.25, 0.3) is 0 Å². The molecule has 10 nitrogen and oxygen atoms in total. The molecule has 3 heterocycles. The molecule has 0 bridgehead atoms. The number of ether oxygens (including phenoxy) is 3. The van der Waals surface area contributed by atoms with Crippen LogP contribution < -0.4 is 0 Å². The van der Waals surface area contributed by atoms with Crippen LogP contribution in [0.2, 0.25) is 0 Å². The molecule has 200 valence electrons. The zero-order valence-electron chi connectivity index (χ0n) is 22.0. The minimum atomic E-state index is -0.441. The number of nitrogens with zero attached hydrogens (tertiary/aromatic N) is 4. The number of rotatable bonds is 7. The molecule has 0 aromatic carbocycles. The quantitative estimate of drug-likeness (QED) is 0.495. The van der Waals surface area contributed by atoms with E-state index in [1.54, 1.807) is 6.92 Å². The summed E-state index contributed by atoms with van der Waals surface area (Å²) in [6.45, 7) is 14.4. The van der Waals surface area contributed by atoms with Crippen LogP contribution in [0.4, 0.5) is 4.79 Å². The second kappa shape index (κ2) is 12.9. The minimum absolute atomic E-state index is 0.0228. The highest BCUT2D eigenvalue weighted by atomic mass is 16.6. The number of urea groups is 1. The third-order valence-electron chi connectivity index (χ3n) is 6.82. The van der Waals surface area contributed by atoms with Gasteiger partial charge in [-0.3, -0.25) is 9.59 Å². The molecule has 3 rings (SSSR count). The second-order valence-electron chi connectivity index (χ2n) is 10.6. The van der Waals surface area contributed by atoms with Crippen molar-refractivity contribution in [3.63, 3.8) is 0 Å². The highest BCUT2D eigenvalue weighted by molar-refractivity contribution is 5.74. The summed E-state index contributed by atoms with van der Waals surface area (Å²) in [6, 6.07) is 0.109. The molecule has 0 atom stereocenters. The first kappa shape index (κ1) is 27.7. The number of hydrazine groups is 1. The summed E-state index contributed by atoms with van der Waals surface area (Å²) in [4.78, 5) is 40.7. The number of amides is 2. The van der Waals surface area contributed by atoms with Gasteiger partial charge >= 0.3 is 18.0 Å². The van der Waals surface area contributed by atoms with E-state index in [1.807, 2.05) is 30.6 Å². The molecule has 0 unspecified atom stereocenters. The topological polar surface area (TPSA) is 91.9 Å². The number of carbonyl (C=O) groups is 3. The second-order valence-corrected chi connectivity index (χ2v) is 10.6. The number of esters is 2. The van der Waals surface area contributed by atoms with Gasteiger partial charge in [0.2, 0.25) is 0 Å². The van der Waals surface area contributed by atoms with E-state index in [9.17, 15) is 14.4 Å². The van der Waals surface area contributed by atoms with Crippen molar-refractivity contribution >= 4 is 18.0 Å². The molecule has 3 fully saturated rings. The van der Waals surface area contributed by atoms with Crippen molar-refractivity contribution < 1.29 is 28.6 Å². The molecular formula is C25H44N4O6. The van der Waals surface area contributed by atoms with Gasteiger partial charge < -0.3 is 24.0 Å². The van der Waals surface area contributed by atoms with E-state index in [4.69, 9.17) is 14.2 Å². The van der Waals surface area contributed by atoms with Crippen LogP contribution in [0.3, 0.4) is 0 Å². The lowest BCUT2D eigenvalue weighted by atomic mass is 9.97. The van der Waals surface area contributed by atoms with Crippen molar-refractivity contribution in [3.8, 4) is 0 Å². The molecule has 0 aromatic heterocycles. The zero-order chi connectivity index (χ0) is 25.4. The summed E-state index contributed by atoms with van der Waals surface area (Å²) in [5.74, 6) is -0.335. The minimum Gasteiger partial charge on any atom is -0.466 e. The maximum atomic E-state index is 13.0. The van der Waals surface area contributed by atoms with Gasteiger partial charge in [0.05, 0.1) is 31.7 Å². The van der Waals surface area contributed by atoms with Gasteiger partial charge in [-0.25, -0.2) is 14.8 Å². The van der Waals surface area contributed by atoms with Gasteiger partial charge in [0.15, 0.2) is 0 Å². The number of piperazine rings is 1. The first-order chi connectivity index (χ1) is 16.7. The fraction of sp³-hybridized carbons (Fsp3) is 0.880. The van der Waals surface area contributed by atoms with Crippen LogP contribution in [0.15, 0.2) is 0 Å². The molecule has 3 aliphatic rings. The van der Waals surface area contributed by atoms with Gasteiger partial charge in [-0.1, -0.05) is 0 Å². The Labute approximate surface area is 209 Å². The fourth-order valence-corrected chi connectivity index (χ4v) is 4.90. The molecule has 0 aromatic rings. The van der Waals surface area contributed by atoms with Crippen LogP contribution in [0.5, 0.6) is 0 Å². The summed E-state index contributed by atoms with van der Waals surface area (Å²) in [5.41, 5.74) is -0.441. The SMILES string of the molecule is CCOC(=O)CCOC1CCN(C(=O)N2CCN(N3CCC(C(=O)OC(C)(C)C)CC3)CC2)CC1. The normalized spacial score (nSPS) is 21.7. The Morgan fingerprint density at radius 2 is 1.37 bits per heavy atom. The largest absolute Gasteiger partial charge is 0.466 e. The first-order valence-electron chi connectivity index (χ1n) is 13.2. The molecule has 3 aliphatic heterocycles. The zero-order valence-corrected chi connectivity index (χ0v) is 22.0. The average molecular weight is 497 g/mol. The molecule has 0 aliphatic carbocycles. The smallest absolute Gasteiger partial charge is 0.320 e. The summed E-state index contributed by atoms with van der Waals surface area (Å²) in [5, 5.41) is 4.67. The van der Waals surface area contributed by atoms with Crippen molar-refractivity contribution in [3.05, 3.63) is 0 Å². The van der Waals surface area contributed by atoms with Gasteiger partial charge in [-0.2, -0.15) is 0 Å². The number of hydrogen-bond donors (Lipinski definition) is 0. The Hall–Kier alpha value is -1.91. The van der Waals surface area contributed by atoms with Gasteiger partial charge in [0.25, 0.3) is 0 Å². The standard InChI is InChI=1S/C25H44N4O6/c1-5-33-22(30)10-19-34-21-8-11-26(12-9-21)24(32)27-15-17-29(18-16-27)28-13-6-20(7-14-28)23(31)35-25(2,3)4/h20-21H,5-19H2,1-4H3. The lowest BCUT2D eigenvalue weighted by molar-refractivity contribution is -0.164. The number of carbonyl (C=O) groups excluding carboxylic acids is 3. The Balaban J connectivity index is 1.32.